The third-order valence-corrected chi connectivity index (χ3v) is 3.81. The molecule has 20 heavy (non-hydrogen) atoms. The first-order chi connectivity index (χ1) is 9.90. The van der Waals surface area contributed by atoms with Crippen LogP contribution in [-0.2, 0) is 17.6 Å². The van der Waals surface area contributed by atoms with Crippen molar-refractivity contribution in [1.29, 1.82) is 0 Å². The number of fused-ring (bicyclic) bond motifs is 1. The number of nitrogens with one attached hydrogen (secondary N) is 1. The molecule has 0 saturated heterocycles. The van der Waals surface area contributed by atoms with Crippen molar-refractivity contribution < 1.29 is 9.47 Å². The van der Waals surface area contributed by atoms with Crippen LogP contribution in [0.1, 0.15) is 36.8 Å². The Morgan fingerprint density at radius 2 is 2.05 bits per heavy atom. The van der Waals surface area contributed by atoms with Gasteiger partial charge in [0.05, 0.1) is 13.2 Å². The average Bonchev–Trinajstić information content (AvgIpc) is 2.93. The molecule has 1 heterocycles. The fraction of sp³-hybridized carbons (Fsp3) is 0.647. The normalized spacial score (nSPS) is 13.2. The molecule has 0 saturated carbocycles. The molecule has 1 N–H and O–H groups in total. The second kappa shape index (κ2) is 8.98. The second-order valence-corrected chi connectivity index (χ2v) is 5.45. The van der Waals surface area contributed by atoms with E-state index < -0.39 is 0 Å². The molecule has 2 rings (SSSR count). The fourth-order valence-electron chi connectivity index (χ4n) is 2.63. The molecule has 3 nitrogen and oxygen atoms in total. The highest BCUT2D eigenvalue weighted by molar-refractivity contribution is 5.39. The number of rotatable bonds is 10. The number of hydrogen-bond donors (Lipinski definition) is 1. The van der Waals surface area contributed by atoms with E-state index in [2.05, 4.69) is 23.5 Å². The monoisotopic (exact) mass is 277 g/mol. The zero-order valence-corrected chi connectivity index (χ0v) is 12.6. The largest absolute Gasteiger partial charge is 0.493 e. The maximum atomic E-state index is 5.54. The lowest BCUT2D eigenvalue weighted by Gasteiger charge is -2.05. The molecule has 112 valence electrons. The predicted octanol–water partition coefficient (Wildman–Crippen LogP) is 2.96. The predicted molar refractivity (Wildman–Crippen MR) is 82.6 cm³/mol. The Morgan fingerprint density at radius 1 is 1.15 bits per heavy atom. The van der Waals surface area contributed by atoms with Gasteiger partial charge in [0, 0.05) is 20.1 Å². The van der Waals surface area contributed by atoms with E-state index in [-0.39, 0.29) is 0 Å². The highest BCUT2D eigenvalue weighted by atomic mass is 16.5. The van der Waals surface area contributed by atoms with E-state index in [1.165, 1.54) is 43.2 Å². The van der Waals surface area contributed by atoms with Gasteiger partial charge in [0.15, 0.2) is 0 Å². The Hall–Kier alpha value is -1.06. The van der Waals surface area contributed by atoms with Gasteiger partial charge in [-0.1, -0.05) is 25.0 Å². The van der Waals surface area contributed by atoms with Gasteiger partial charge in [-0.15, -0.1) is 0 Å². The molecule has 0 amide bonds. The standard InChI is InChI=1S/C17H27NO2/c1-19-13-11-18-10-5-3-2-4-6-15-7-8-17-16(14-15)9-12-20-17/h7-8,14,18H,2-6,9-13H2,1H3. The van der Waals surface area contributed by atoms with Gasteiger partial charge in [0.25, 0.3) is 0 Å². The van der Waals surface area contributed by atoms with Crippen molar-refractivity contribution in [2.45, 2.75) is 38.5 Å². The molecule has 0 unspecified atom stereocenters. The summed E-state index contributed by atoms with van der Waals surface area (Å²) >= 11 is 0. The van der Waals surface area contributed by atoms with Gasteiger partial charge >= 0.3 is 0 Å². The fourth-order valence-corrected chi connectivity index (χ4v) is 2.63. The van der Waals surface area contributed by atoms with Gasteiger partial charge in [0.2, 0.25) is 0 Å². The average molecular weight is 277 g/mol. The molecule has 1 aromatic carbocycles. The zero-order valence-electron chi connectivity index (χ0n) is 12.6. The SMILES string of the molecule is COCCNCCCCCCc1ccc2c(c1)CCO2. The van der Waals surface area contributed by atoms with Crippen LogP contribution in [0.25, 0.3) is 0 Å². The van der Waals surface area contributed by atoms with Crippen molar-refractivity contribution in [3.8, 4) is 5.75 Å². The van der Waals surface area contributed by atoms with E-state index in [0.717, 1.165) is 38.5 Å². The van der Waals surface area contributed by atoms with Crippen molar-refractivity contribution in [2.75, 3.05) is 33.4 Å². The quantitative estimate of drug-likeness (QED) is 0.667. The van der Waals surface area contributed by atoms with E-state index in [9.17, 15) is 0 Å². The summed E-state index contributed by atoms with van der Waals surface area (Å²) in [5.41, 5.74) is 2.86. The van der Waals surface area contributed by atoms with Crippen LogP contribution in [0.2, 0.25) is 0 Å². The number of methoxy groups -OCH3 is 1. The minimum Gasteiger partial charge on any atom is -0.493 e. The second-order valence-electron chi connectivity index (χ2n) is 5.45. The molecule has 0 spiro atoms. The third kappa shape index (κ3) is 5.14. The Bertz CT molecular complexity index is 393. The summed E-state index contributed by atoms with van der Waals surface area (Å²) in [5.74, 6) is 1.09. The molecular weight excluding hydrogens is 250 g/mol. The molecule has 0 bridgehead atoms. The highest BCUT2D eigenvalue weighted by Crippen LogP contribution is 2.26. The Labute approximate surface area is 122 Å². The molecular formula is C17H27NO2. The van der Waals surface area contributed by atoms with Gasteiger partial charge in [0.1, 0.15) is 5.75 Å². The molecule has 0 aliphatic carbocycles. The molecule has 0 fully saturated rings. The smallest absolute Gasteiger partial charge is 0.122 e. The minimum atomic E-state index is 0.808. The number of benzene rings is 1. The van der Waals surface area contributed by atoms with Crippen molar-refractivity contribution >= 4 is 0 Å². The minimum absolute atomic E-state index is 0.808. The van der Waals surface area contributed by atoms with Gasteiger partial charge < -0.3 is 14.8 Å². The topological polar surface area (TPSA) is 30.5 Å². The molecule has 0 atom stereocenters. The summed E-state index contributed by atoms with van der Waals surface area (Å²) in [6, 6.07) is 6.68. The lowest BCUT2D eigenvalue weighted by Crippen LogP contribution is -2.20. The summed E-state index contributed by atoms with van der Waals surface area (Å²) in [6.45, 7) is 3.74. The summed E-state index contributed by atoms with van der Waals surface area (Å²) in [7, 11) is 1.74. The van der Waals surface area contributed by atoms with Gasteiger partial charge in [-0.05, 0) is 43.0 Å². The maximum Gasteiger partial charge on any atom is 0.122 e. The highest BCUT2D eigenvalue weighted by Gasteiger charge is 2.11. The Kier molecular flexibility index (Phi) is 6.89. The lowest BCUT2D eigenvalue weighted by molar-refractivity contribution is 0.199. The van der Waals surface area contributed by atoms with Crippen LogP contribution in [0.4, 0.5) is 0 Å². The summed E-state index contributed by atoms with van der Waals surface area (Å²) in [6.07, 6.45) is 7.47. The molecule has 1 aromatic rings. The summed E-state index contributed by atoms with van der Waals surface area (Å²) < 4.78 is 10.5. The lowest BCUT2D eigenvalue weighted by atomic mass is 10.0. The number of hydrogen-bond acceptors (Lipinski definition) is 3. The van der Waals surface area contributed by atoms with Crippen molar-refractivity contribution in [2.24, 2.45) is 0 Å². The Morgan fingerprint density at radius 3 is 2.95 bits per heavy atom. The molecule has 1 aliphatic heterocycles. The van der Waals surface area contributed by atoms with Crippen molar-refractivity contribution in [3.05, 3.63) is 29.3 Å². The number of ether oxygens (including phenoxy) is 2. The van der Waals surface area contributed by atoms with E-state index in [1.54, 1.807) is 7.11 Å². The Balaban J connectivity index is 1.51. The zero-order chi connectivity index (χ0) is 14.0. The van der Waals surface area contributed by atoms with Gasteiger partial charge in [-0.2, -0.15) is 0 Å². The molecule has 0 aromatic heterocycles. The first kappa shape index (κ1) is 15.3. The van der Waals surface area contributed by atoms with Crippen LogP contribution in [0, 0.1) is 0 Å². The van der Waals surface area contributed by atoms with Crippen LogP contribution in [0.5, 0.6) is 5.75 Å². The van der Waals surface area contributed by atoms with Crippen molar-refractivity contribution in [1.82, 2.24) is 5.32 Å². The van der Waals surface area contributed by atoms with Crippen LogP contribution < -0.4 is 10.1 Å². The number of unbranched alkanes of at least 4 members (excludes halogenated alkanes) is 3. The first-order valence-electron chi connectivity index (χ1n) is 7.84. The van der Waals surface area contributed by atoms with Crippen molar-refractivity contribution in [3.63, 3.8) is 0 Å². The van der Waals surface area contributed by atoms with Gasteiger partial charge in [-0.3, -0.25) is 0 Å². The molecule has 3 heteroatoms. The molecule has 0 radical (unpaired) electrons. The maximum absolute atomic E-state index is 5.54. The van der Waals surface area contributed by atoms with Crippen LogP contribution in [0.3, 0.4) is 0 Å². The number of aryl methyl sites for hydroxylation is 1. The van der Waals surface area contributed by atoms with E-state index in [1.807, 2.05) is 0 Å². The molecule has 1 aliphatic rings. The summed E-state index contributed by atoms with van der Waals surface area (Å²) in [4.78, 5) is 0. The first-order valence-corrected chi connectivity index (χ1v) is 7.84. The third-order valence-electron chi connectivity index (χ3n) is 3.81. The van der Waals surface area contributed by atoms with Crippen LogP contribution >= 0.6 is 0 Å². The van der Waals surface area contributed by atoms with E-state index in [4.69, 9.17) is 9.47 Å². The van der Waals surface area contributed by atoms with Crippen LogP contribution in [-0.4, -0.2) is 33.4 Å². The van der Waals surface area contributed by atoms with Gasteiger partial charge in [-0.25, -0.2) is 0 Å². The van der Waals surface area contributed by atoms with E-state index in [0.29, 0.717) is 0 Å². The van der Waals surface area contributed by atoms with E-state index >= 15 is 0 Å². The summed E-state index contributed by atoms with van der Waals surface area (Å²) in [5, 5.41) is 3.38. The van der Waals surface area contributed by atoms with Crippen LogP contribution in [0.15, 0.2) is 18.2 Å².